The van der Waals surface area contributed by atoms with E-state index in [0.717, 1.165) is 6.54 Å². The third-order valence-electron chi connectivity index (χ3n) is 3.41. The highest BCUT2D eigenvalue weighted by Crippen LogP contribution is 2.16. The molecule has 0 radical (unpaired) electrons. The van der Waals surface area contributed by atoms with Crippen LogP contribution in [0.1, 0.15) is 39.7 Å². The Balaban J connectivity index is 2.02. The van der Waals surface area contributed by atoms with E-state index >= 15 is 0 Å². The first-order valence-corrected chi connectivity index (χ1v) is 6.88. The highest BCUT2D eigenvalue weighted by atomic mass is 15.3. The minimum Gasteiger partial charge on any atom is -0.312 e. The van der Waals surface area contributed by atoms with E-state index in [2.05, 4.69) is 60.1 Å². The van der Waals surface area contributed by atoms with Crippen molar-refractivity contribution in [2.24, 2.45) is 0 Å². The van der Waals surface area contributed by atoms with Crippen LogP contribution < -0.4 is 5.32 Å². The molecule has 3 nitrogen and oxygen atoms in total. The van der Waals surface area contributed by atoms with Crippen LogP contribution in [0.2, 0.25) is 0 Å². The first-order valence-electron chi connectivity index (χ1n) is 6.88. The van der Waals surface area contributed by atoms with Crippen LogP contribution in [-0.2, 0) is 0 Å². The molecule has 2 unspecified atom stereocenters. The Hall–Kier alpha value is -1.35. The summed E-state index contributed by atoms with van der Waals surface area (Å²) in [5.74, 6) is 0. The summed E-state index contributed by atoms with van der Waals surface area (Å²) in [6.07, 6.45) is 4.40. The van der Waals surface area contributed by atoms with E-state index in [1.807, 2.05) is 6.20 Å². The quantitative estimate of drug-likeness (QED) is 0.845. The highest BCUT2D eigenvalue weighted by Gasteiger charge is 2.10. The molecule has 0 saturated heterocycles. The van der Waals surface area contributed by atoms with Crippen molar-refractivity contribution in [1.82, 2.24) is 15.1 Å². The fourth-order valence-corrected chi connectivity index (χ4v) is 2.34. The SMILES string of the molecule is CCCC(C)NCC(C)n1ncc2ccccc21. The van der Waals surface area contributed by atoms with E-state index in [9.17, 15) is 0 Å². The topological polar surface area (TPSA) is 29.9 Å². The number of hydrogen-bond acceptors (Lipinski definition) is 2. The molecule has 0 spiro atoms. The first kappa shape index (κ1) is 13.1. The van der Waals surface area contributed by atoms with Crippen LogP contribution in [0.3, 0.4) is 0 Å². The Morgan fingerprint density at radius 3 is 2.83 bits per heavy atom. The summed E-state index contributed by atoms with van der Waals surface area (Å²) in [4.78, 5) is 0. The summed E-state index contributed by atoms with van der Waals surface area (Å²) in [6.45, 7) is 7.65. The van der Waals surface area contributed by atoms with E-state index in [0.29, 0.717) is 12.1 Å². The van der Waals surface area contributed by atoms with Gasteiger partial charge in [0.1, 0.15) is 0 Å². The predicted molar refractivity (Wildman–Crippen MR) is 76.8 cm³/mol. The summed E-state index contributed by atoms with van der Waals surface area (Å²) in [5, 5.41) is 9.29. The van der Waals surface area contributed by atoms with Gasteiger partial charge in [-0.15, -0.1) is 0 Å². The molecule has 1 aromatic carbocycles. The lowest BCUT2D eigenvalue weighted by atomic mass is 10.2. The lowest BCUT2D eigenvalue weighted by Crippen LogP contribution is -2.31. The number of rotatable bonds is 6. The summed E-state index contributed by atoms with van der Waals surface area (Å²) >= 11 is 0. The van der Waals surface area contributed by atoms with E-state index in [4.69, 9.17) is 0 Å². The minimum absolute atomic E-state index is 0.379. The number of aromatic nitrogens is 2. The van der Waals surface area contributed by atoms with Gasteiger partial charge in [0.15, 0.2) is 0 Å². The van der Waals surface area contributed by atoms with Crippen molar-refractivity contribution in [3.05, 3.63) is 30.5 Å². The highest BCUT2D eigenvalue weighted by molar-refractivity contribution is 5.78. The molecule has 0 aliphatic carbocycles. The molecule has 1 N–H and O–H groups in total. The number of nitrogens with one attached hydrogen (secondary N) is 1. The van der Waals surface area contributed by atoms with Crippen molar-refractivity contribution in [2.75, 3.05) is 6.54 Å². The Morgan fingerprint density at radius 1 is 1.28 bits per heavy atom. The zero-order chi connectivity index (χ0) is 13.0. The van der Waals surface area contributed by atoms with Crippen LogP contribution in [-0.4, -0.2) is 22.4 Å². The Kier molecular flexibility index (Phi) is 4.37. The van der Waals surface area contributed by atoms with Crippen LogP contribution in [0.15, 0.2) is 30.5 Å². The molecule has 0 fully saturated rings. The second kappa shape index (κ2) is 6.01. The van der Waals surface area contributed by atoms with Crippen molar-refractivity contribution >= 4 is 10.9 Å². The van der Waals surface area contributed by atoms with E-state index in [-0.39, 0.29) is 0 Å². The van der Waals surface area contributed by atoms with Gasteiger partial charge < -0.3 is 5.32 Å². The zero-order valence-corrected chi connectivity index (χ0v) is 11.6. The molecule has 0 amide bonds. The molecule has 0 aliphatic rings. The molecular weight excluding hydrogens is 222 g/mol. The van der Waals surface area contributed by atoms with Crippen molar-refractivity contribution in [1.29, 1.82) is 0 Å². The average Bonchev–Trinajstić information content (AvgIpc) is 2.80. The van der Waals surface area contributed by atoms with Crippen LogP contribution in [0, 0.1) is 0 Å². The maximum atomic E-state index is 4.50. The molecule has 3 heteroatoms. The Bertz CT molecular complexity index is 489. The van der Waals surface area contributed by atoms with E-state index < -0.39 is 0 Å². The van der Waals surface area contributed by atoms with Gasteiger partial charge in [0.25, 0.3) is 0 Å². The zero-order valence-electron chi connectivity index (χ0n) is 11.6. The standard InChI is InChI=1S/C15H23N3/c1-4-7-12(2)16-10-13(3)18-15-9-6-5-8-14(15)11-17-18/h5-6,8-9,11-13,16H,4,7,10H2,1-3H3. The van der Waals surface area contributed by atoms with Crippen molar-refractivity contribution < 1.29 is 0 Å². The number of nitrogens with zero attached hydrogens (tertiary/aromatic N) is 2. The maximum Gasteiger partial charge on any atom is 0.0686 e. The summed E-state index contributed by atoms with van der Waals surface area (Å²) in [5.41, 5.74) is 1.22. The Morgan fingerprint density at radius 2 is 2.06 bits per heavy atom. The van der Waals surface area contributed by atoms with Gasteiger partial charge in [0.2, 0.25) is 0 Å². The van der Waals surface area contributed by atoms with Gasteiger partial charge in [-0.3, -0.25) is 4.68 Å². The lowest BCUT2D eigenvalue weighted by Gasteiger charge is -2.18. The molecule has 18 heavy (non-hydrogen) atoms. The number of para-hydroxylation sites is 1. The van der Waals surface area contributed by atoms with Gasteiger partial charge in [0.05, 0.1) is 17.8 Å². The van der Waals surface area contributed by atoms with Crippen LogP contribution in [0.4, 0.5) is 0 Å². The largest absolute Gasteiger partial charge is 0.312 e. The van der Waals surface area contributed by atoms with Crippen LogP contribution in [0.5, 0.6) is 0 Å². The monoisotopic (exact) mass is 245 g/mol. The molecule has 2 aromatic rings. The maximum absolute atomic E-state index is 4.50. The molecule has 0 saturated carbocycles. The van der Waals surface area contributed by atoms with Gasteiger partial charge in [-0.05, 0) is 26.3 Å². The van der Waals surface area contributed by atoms with Gasteiger partial charge in [0, 0.05) is 18.0 Å². The van der Waals surface area contributed by atoms with Gasteiger partial charge in [-0.1, -0.05) is 31.5 Å². The van der Waals surface area contributed by atoms with E-state index in [1.165, 1.54) is 23.7 Å². The normalized spacial score (nSPS) is 14.8. The Labute approximate surface area is 109 Å². The fraction of sp³-hybridized carbons (Fsp3) is 0.533. The lowest BCUT2D eigenvalue weighted by molar-refractivity contribution is 0.420. The number of fused-ring (bicyclic) bond motifs is 1. The summed E-state index contributed by atoms with van der Waals surface area (Å²) in [6, 6.07) is 9.33. The van der Waals surface area contributed by atoms with Crippen molar-refractivity contribution in [3.63, 3.8) is 0 Å². The molecule has 2 atom stereocenters. The average molecular weight is 245 g/mol. The molecule has 98 valence electrons. The number of hydrogen-bond donors (Lipinski definition) is 1. The van der Waals surface area contributed by atoms with Crippen molar-refractivity contribution in [2.45, 2.75) is 45.7 Å². The molecule has 0 aliphatic heterocycles. The van der Waals surface area contributed by atoms with Crippen LogP contribution in [0.25, 0.3) is 10.9 Å². The predicted octanol–water partition coefficient (Wildman–Crippen LogP) is 3.38. The molecule has 2 rings (SSSR count). The number of benzene rings is 1. The fourth-order valence-electron chi connectivity index (χ4n) is 2.34. The molecule has 1 aromatic heterocycles. The molecular formula is C15H23N3. The molecule has 0 bridgehead atoms. The van der Waals surface area contributed by atoms with E-state index in [1.54, 1.807) is 0 Å². The van der Waals surface area contributed by atoms with Crippen LogP contribution >= 0.6 is 0 Å². The molecule has 1 heterocycles. The summed E-state index contributed by atoms with van der Waals surface area (Å²) < 4.78 is 2.11. The van der Waals surface area contributed by atoms with Gasteiger partial charge in [-0.25, -0.2) is 0 Å². The smallest absolute Gasteiger partial charge is 0.0686 e. The second-order valence-corrected chi connectivity index (χ2v) is 5.09. The van der Waals surface area contributed by atoms with Gasteiger partial charge in [-0.2, -0.15) is 5.10 Å². The summed E-state index contributed by atoms with van der Waals surface area (Å²) in [7, 11) is 0. The van der Waals surface area contributed by atoms with Gasteiger partial charge >= 0.3 is 0 Å². The van der Waals surface area contributed by atoms with Crippen molar-refractivity contribution in [3.8, 4) is 0 Å². The third kappa shape index (κ3) is 2.91. The second-order valence-electron chi connectivity index (χ2n) is 5.09. The third-order valence-corrected chi connectivity index (χ3v) is 3.41. The first-order chi connectivity index (χ1) is 8.72. The minimum atomic E-state index is 0.379.